The van der Waals surface area contributed by atoms with Crippen molar-refractivity contribution in [1.29, 1.82) is 0 Å². The standard InChI is InChI=1S/C22H18BrN3O2/c23-16-7-6-8-17(13-16)24-22(27)14-26-20-12-5-4-11-19(20)25-21(26)15-28-18-9-2-1-3-10-18/h1-13H,14-15H2,(H,24,27). The molecule has 0 aliphatic rings. The summed E-state index contributed by atoms with van der Waals surface area (Å²) < 4.78 is 8.66. The number of carbonyl (C=O) groups excluding carboxylic acids is 1. The van der Waals surface area contributed by atoms with Crippen LogP contribution in [0.15, 0.2) is 83.3 Å². The Hall–Kier alpha value is -3.12. The minimum Gasteiger partial charge on any atom is -0.486 e. The highest BCUT2D eigenvalue weighted by molar-refractivity contribution is 9.10. The average Bonchev–Trinajstić information content (AvgIpc) is 3.05. The molecule has 140 valence electrons. The van der Waals surface area contributed by atoms with Crippen molar-refractivity contribution >= 4 is 38.6 Å². The molecule has 4 rings (SSSR count). The third kappa shape index (κ3) is 4.23. The first kappa shape index (κ1) is 18.3. The minimum atomic E-state index is -0.123. The van der Waals surface area contributed by atoms with Crippen LogP contribution in [0.1, 0.15) is 5.82 Å². The second-order valence-corrected chi connectivity index (χ2v) is 7.18. The number of rotatable bonds is 6. The Morgan fingerprint density at radius 2 is 1.79 bits per heavy atom. The normalized spacial score (nSPS) is 10.8. The molecule has 0 radical (unpaired) electrons. The van der Waals surface area contributed by atoms with E-state index in [9.17, 15) is 4.79 Å². The number of halogens is 1. The lowest BCUT2D eigenvalue weighted by molar-refractivity contribution is -0.116. The maximum absolute atomic E-state index is 12.6. The quantitative estimate of drug-likeness (QED) is 0.462. The number of aromatic nitrogens is 2. The summed E-state index contributed by atoms with van der Waals surface area (Å²) >= 11 is 3.42. The van der Waals surface area contributed by atoms with E-state index < -0.39 is 0 Å². The molecule has 0 fully saturated rings. The maximum Gasteiger partial charge on any atom is 0.244 e. The molecule has 1 N–H and O–H groups in total. The highest BCUT2D eigenvalue weighted by Gasteiger charge is 2.14. The lowest BCUT2D eigenvalue weighted by Crippen LogP contribution is -2.20. The van der Waals surface area contributed by atoms with Crippen LogP contribution in [0.4, 0.5) is 5.69 Å². The van der Waals surface area contributed by atoms with Gasteiger partial charge in [0, 0.05) is 10.2 Å². The van der Waals surface area contributed by atoms with E-state index in [0.717, 1.165) is 26.9 Å². The largest absolute Gasteiger partial charge is 0.486 e. The summed E-state index contributed by atoms with van der Waals surface area (Å²) in [6.45, 7) is 0.434. The number of para-hydroxylation sites is 3. The van der Waals surface area contributed by atoms with E-state index in [1.54, 1.807) is 0 Å². The van der Waals surface area contributed by atoms with E-state index >= 15 is 0 Å². The Bertz CT molecular complexity index is 1110. The second-order valence-electron chi connectivity index (χ2n) is 6.26. The van der Waals surface area contributed by atoms with Gasteiger partial charge in [-0.1, -0.05) is 52.3 Å². The molecular weight excluding hydrogens is 418 g/mol. The van der Waals surface area contributed by atoms with Gasteiger partial charge in [-0.2, -0.15) is 0 Å². The molecule has 1 heterocycles. The van der Waals surface area contributed by atoms with Gasteiger partial charge in [-0.3, -0.25) is 4.79 Å². The van der Waals surface area contributed by atoms with Crippen molar-refractivity contribution in [3.05, 3.63) is 89.2 Å². The third-order valence-corrected chi connectivity index (χ3v) is 4.75. The van der Waals surface area contributed by atoms with Crippen molar-refractivity contribution in [2.24, 2.45) is 0 Å². The molecule has 0 aliphatic heterocycles. The van der Waals surface area contributed by atoms with Crippen LogP contribution in [0, 0.1) is 0 Å². The highest BCUT2D eigenvalue weighted by Crippen LogP contribution is 2.19. The van der Waals surface area contributed by atoms with Crippen molar-refractivity contribution in [2.75, 3.05) is 5.32 Å². The fourth-order valence-electron chi connectivity index (χ4n) is 2.99. The van der Waals surface area contributed by atoms with E-state index in [1.807, 2.05) is 83.4 Å². The van der Waals surface area contributed by atoms with E-state index in [-0.39, 0.29) is 19.1 Å². The maximum atomic E-state index is 12.6. The SMILES string of the molecule is O=C(Cn1c(COc2ccccc2)nc2ccccc21)Nc1cccc(Br)c1. The van der Waals surface area contributed by atoms with Crippen LogP contribution in [-0.2, 0) is 17.9 Å². The topological polar surface area (TPSA) is 56.2 Å². The fourth-order valence-corrected chi connectivity index (χ4v) is 3.39. The van der Waals surface area contributed by atoms with Crippen LogP contribution in [0.2, 0.25) is 0 Å². The molecule has 1 amide bonds. The first-order valence-electron chi connectivity index (χ1n) is 8.86. The number of imidazole rings is 1. The zero-order valence-corrected chi connectivity index (χ0v) is 16.6. The molecule has 0 aliphatic carbocycles. The van der Waals surface area contributed by atoms with Gasteiger partial charge in [-0.15, -0.1) is 0 Å². The summed E-state index contributed by atoms with van der Waals surface area (Å²) in [4.78, 5) is 17.3. The van der Waals surface area contributed by atoms with E-state index in [1.165, 1.54) is 0 Å². The van der Waals surface area contributed by atoms with Crippen LogP contribution < -0.4 is 10.1 Å². The molecule has 0 spiro atoms. The average molecular weight is 436 g/mol. The second kappa shape index (κ2) is 8.27. The van der Waals surface area contributed by atoms with Crippen molar-refractivity contribution < 1.29 is 9.53 Å². The lowest BCUT2D eigenvalue weighted by atomic mass is 10.3. The van der Waals surface area contributed by atoms with Crippen LogP contribution in [0.25, 0.3) is 11.0 Å². The number of amides is 1. The Morgan fingerprint density at radius 1 is 1.00 bits per heavy atom. The molecule has 6 heteroatoms. The van der Waals surface area contributed by atoms with E-state index in [2.05, 4.69) is 26.2 Å². The van der Waals surface area contributed by atoms with Gasteiger partial charge in [0.2, 0.25) is 5.91 Å². The van der Waals surface area contributed by atoms with Crippen molar-refractivity contribution in [1.82, 2.24) is 9.55 Å². The number of nitrogens with one attached hydrogen (secondary N) is 1. The van der Waals surface area contributed by atoms with Crippen LogP contribution in [0.3, 0.4) is 0 Å². The Labute approximate surface area is 171 Å². The Balaban J connectivity index is 1.56. The number of benzene rings is 3. The zero-order valence-electron chi connectivity index (χ0n) is 15.0. The Kier molecular flexibility index (Phi) is 5.39. The molecule has 0 saturated carbocycles. The molecule has 28 heavy (non-hydrogen) atoms. The third-order valence-electron chi connectivity index (χ3n) is 4.25. The summed E-state index contributed by atoms with van der Waals surface area (Å²) in [7, 11) is 0. The first-order valence-corrected chi connectivity index (χ1v) is 9.66. The predicted molar refractivity (Wildman–Crippen MR) is 113 cm³/mol. The van der Waals surface area contributed by atoms with Gasteiger partial charge in [0.15, 0.2) is 0 Å². The number of hydrogen-bond acceptors (Lipinski definition) is 3. The van der Waals surface area contributed by atoms with Crippen LogP contribution >= 0.6 is 15.9 Å². The molecule has 0 saturated heterocycles. The predicted octanol–water partition coefficient (Wildman–Crippen LogP) is 5.02. The van der Waals surface area contributed by atoms with Gasteiger partial charge < -0.3 is 14.6 Å². The molecule has 0 atom stereocenters. The number of fused-ring (bicyclic) bond motifs is 1. The molecule has 5 nitrogen and oxygen atoms in total. The number of anilines is 1. The zero-order chi connectivity index (χ0) is 19.3. The molecule has 4 aromatic rings. The van der Waals surface area contributed by atoms with E-state index in [4.69, 9.17) is 4.74 Å². The Morgan fingerprint density at radius 3 is 2.61 bits per heavy atom. The number of nitrogens with zero attached hydrogens (tertiary/aromatic N) is 2. The molecule has 0 bridgehead atoms. The number of carbonyl (C=O) groups is 1. The summed E-state index contributed by atoms with van der Waals surface area (Å²) in [5.74, 6) is 1.34. The highest BCUT2D eigenvalue weighted by atomic mass is 79.9. The van der Waals surface area contributed by atoms with Crippen molar-refractivity contribution in [3.63, 3.8) is 0 Å². The van der Waals surface area contributed by atoms with Gasteiger partial charge in [-0.25, -0.2) is 4.98 Å². The number of ether oxygens (including phenoxy) is 1. The lowest BCUT2D eigenvalue weighted by Gasteiger charge is -2.11. The van der Waals surface area contributed by atoms with Gasteiger partial charge in [0.25, 0.3) is 0 Å². The summed E-state index contributed by atoms with van der Waals surface area (Å²) in [6, 6.07) is 24.9. The molecule has 1 aromatic heterocycles. The smallest absolute Gasteiger partial charge is 0.244 e. The van der Waals surface area contributed by atoms with Gasteiger partial charge in [0.1, 0.15) is 24.7 Å². The fraction of sp³-hybridized carbons (Fsp3) is 0.0909. The van der Waals surface area contributed by atoms with Crippen molar-refractivity contribution in [3.8, 4) is 5.75 Å². The van der Waals surface area contributed by atoms with Crippen LogP contribution in [-0.4, -0.2) is 15.5 Å². The number of hydrogen-bond donors (Lipinski definition) is 1. The summed E-state index contributed by atoms with van der Waals surface area (Å²) in [5.41, 5.74) is 2.48. The first-order chi connectivity index (χ1) is 13.7. The van der Waals surface area contributed by atoms with Gasteiger partial charge in [0.05, 0.1) is 11.0 Å². The minimum absolute atomic E-state index is 0.123. The van der Waals surface area contributed by atoms with Crippen LogP contribution in [0.5, 0.6) is 5.75 Å². The summed E-state index contributed by atoms with van der Waals surface area (Å²) in [6.07, 6.45) is 0. The van der Waals surface area contributed by atoms with Crippen molar-refractivity contribution in [2.45, 2.75) is 13.2 Å². The molecule has 0 unspecified atom stereocenters. The van der Waals surface area contributed by atoms with Gasteiger partial charge in [-0.05, 0) is 42.5 Å². The molecular formula is C22H18BrN3O2. The van der Waals surface area contributed by atoms with E-state index in [0.29, 0.717) is 5.82 Å². The molecule has 3 aromatic carbocycles. The summed E-state index contributed by atoms with van der Waals surface area (Å²) in [5, 5.41) is 2.93. The van der Waals surface area contributed by atoms with Gasteiger partial charge >= 0.3 is 0 Å². The monoisotopic (exact) mass is 435 g/mol.